The molecule has 0 radical (unpaired) electrons. The second-order valence-corrected chi connectivity index (χ2v) is 4.53. The molecule has 0 aliphatic heterocycles. The van der Waals surface area contributed by atoms with Gasteiger partial charge in [0.1, 0.15) is 0 Å². The summed E-state index contributed by atoms with van der Waals surface area (Å²) >= 11 is 0. The van der Waals surface area contributed by atoms with Crippen molar-refractivity contribution < 1.29 is 9.52 Å². The van der Waals surface area contributed by atoms with Crippen LogP contribution in [0.1, 0.15) is 12.5 Å². The van der Waals surface area contributed by atoms with E-state index >= 15 is 0 Å². The van der Waals surface area contributed by atoms with E-state index in [1.807, 2.05) is 13.0 Å². The first kappa shape index (κ1) is 11.9. The van der Waals surface area contributed by atoms with Gasteiger partial charge in [0.2, 0.25) is 0 Å². The summed E-state index contributed by atoms with van der Waals surface area (Å²) in [6.07, 6.45) is 0. The topological polar surface area (TPSA) is 81.4 Å². The fourth-order valence-electron chi connectivity index (χ4n) is 1.78. The average Bonchev–Trinajstić information content (AvgIpc) is 2.63. The molecule has 92 valence electrons. The van der Waals surface area contributed by atoms with Gasteiger partial charge in [0, 0.05) is 19.0 Å². The van der Waals surface area contributed by atoms with Crippen molar-refractivity contribution in [1.29, 1.82) is 0 Å². The molecule has 5 nitrogen and oxygen atoms in total. The standard InChI is InChI=1S/C12H16N2O3/c1-12(6-13,7-15)8-3-4-9-10(5-8)17-11(16)14(9)2/h3-5,15H,6-7,13H2,1-2H3. The van der Waals surface area contributed by atoms with Crippen LogP contribution in [0, 0.1) is 0 Å². The largest absolute Gasteiger partial charge is 0.419 e. The Morgan fingerprint density at radius 2 is 2.24 bits per heavy atom. The van der Waals surface area contributed by atoms with Gasteiger partial charge in [0.05, 0.1) is 12.1 Å². The van der Waals surface area contributed by atoms with Gasteiger partial charge in [-0.1, -0.05) is 13.0 Å². The highest BCUT2D eigenvalue weighted by Crippen LogP contribution is 2.25. The number of fused-ring (bicyclic) bond motifs is 1. The van der Waals surface area contributed by atoms with Gasteiger partial charge in [-0.05, 0) is 17.7 Å². The van der Waals surface area contributed by atoms with Gasteiger partial charge >= 0.3 is 5.76 Å². The van der Waals surface area contributed by atoms with Crippen LogP contribution in [0.15, 0.2) is 27.4 Å². The maximum Gasteiger partial charge on any atom is 0.419 e. The normalized spacial score (nSPS) is 15.1. The maximum atomic E-state index is 11.4. The van der Waals surface area contributed by atoms with Crippen LogP contribution in [0.2, 0.25) is 0 Å². The summed E-state index contributed by atoms with van der Waals surface area (Å²) in [5.74, 6) is -0.393. The Balaban J connectivity index is 2.63. The minimum absolute atomic E-state index is 0.0495. The van der Waals surface area contributed by atoms with E-state index in [2.05, 4.69) is 0 Å². The van der Waals surface area contributed by atoms with Crippen molar-refractivity contribution in [3.8, 4) is 0 Å². The van der Waals surface area contributed by atoms with Crippen LogP contribution in [0.25, 0.3) is 11.1 Å². The Kier molecular flexibility index (Phi) is 2.81. The van der Waals surface area contributed by atoms with Crippen molar-refractivity contribution in [2.45, 2.75) is 12.3 Å². The predicted octanol–water partition coefficient (Wildman–Crippen LogP) is 0.340. The highest BCUT2D eigenvalue weighted by molar-refractivity contribution is 5.74. The van der Waals surface area contributed by atoms with Crippen molar-refractivity contribution in [2.75, 3.05) is 13.2 Å². The quantitative estimate of drug-likeness (QED) is 0.805. The van der Waals surface area contributed by atoms with E-state index in [0.29, 0.717) is 12.1 Å². The van der Waals surface area contributed by atoms with Crippen molar-refractivity contribution in [1.82, 2.24) is 4.57 Å². The summed E-state index contributed by atoms with van der Waals surface area (Å²) in [4.78, 5) is 11.4. The molecule has 2 aromatic rings. The lowest BCUT2D eigenvalue weighted by molar-refractivity contribution is 0.210. The van der Waals surface area contributed by atoms with E-state index in [1.165, 1.54) is 4.57 Å². The number of benzene rings is 1. The molecule has 1 aromatic heterocycles. The third kappa shape index (κ3) is 1.77. The second-order valence-electron chi connectivity index (χ2n) is 4.53. The van der Waals surface area contributed by atoms with Crippen LogP contribution >= 0.6 is 0 Å². The third-order valence-electron chi connectivity index (χ3n) is 3.29. The van der Waals surface area contributed by atoms with Crippen molar-refractivity contribution >= 4 is 11.1 Å². The SMILES string of the molecule is Cn1c(=O)oc2cc(C(C)(CN)CO)ccc21. The summed E-state index contributed by atoms with van der Waals surface area (Å²) in [7, 11) is 1.65. The molecule has 1 aromatic carbocycles. The summed E-state index contributed by atoms with van der Waals surface area (Å²) in [6, 6.07) is 5.43. The fourth-order valence-corrected chi connectivity index (χ4v) is 1.78. The van der Waals surface area contributed by atoms with Crippen molar-refractivity contribution in [2.24, 2.45) is 12.8 Å². The number of aliphatic hydroxyl groups is 1. The molecule has 3 N–H and O–H groups in total. The molecule has 0 aliphatic carbocycles. The van der Waals surface area contributed by atoms with E-state index in [1.54, 1.807) is 19.2 Å². The fraction of sp³-hybridized carbons (Fsp3) is 0.417. The van der Waals surface area contributed by atoms with Gasteiger partial charge in [-0.3, -0.25) is 4.57 Å². The Morgan fingerprint density at radius 3 is 2.82 bits per heavy atom. The molecule has 0 aliphatic rings. The number of hydrogen-bond acceptors (Lipinski definition) is 4. The van der Waals surface area contributed by atoms with Gasteiger partial charge in [-0.15, -0.1) is 0 Å². The highest BCUT2D eigenvalue weighted by atomic mass is 16.4. The number of nitrogens with zero attached hydrogens (tertiary/aromatic N) is 1. The molecule has 0 saturated carbocycles. The van der Waals surface area contributed by atoms with Crippen molar-refractivity contribution in [3.63, 3.8) is 0 Å². The molecule has 1 atom stereocenters. The van der Waals surface area contributed by atoms with Gasteiger partial charge < -0.3 is 15.3 Å². The number of aromatic nitrogens is 1. The molecule has 5 heteroatoms. The molecular weight excluding hydrogens is 220 g/mol. The third-order valence-corrected chi connectivity index (χ3v) is 3.29. The molecule has 0 spiro atoms. The Bertz CT molecular complexity index is 593. The molecule has 0 saturated heterocycles. The molecule has 17 heavy (non-hydrogen) atoms. The van der Waals surface area contributed by atoms with Crippen LogP contribution in [0.4, 0.5) is 0 Å². The molecule has 0 bridgehead atoms. The first-order valence-corrected chi connectivity index (χ1v) is 5.43. The zero-order chi connectivity index (χ0) is 12.6. The van der Waals surface area contributed by atoms with Gasteiger partial charge in [0.15, 0.2) is 5.58 Å². The minimum Gasteiger partial charge on any atom is -0.408 e. The number of hydrogen-bond donors (Lipinski definition) is 2. The van der Waals surface area contributed by atoms with Gasteiger partial charge in [-0.2, -0.15) is 0 Å². The van der Waals surface area contributed by atoms with E-state index in [9.17, 15) is 9.90 Å². The van der Waals surface area contributed by atoms with Crippen LogP contribution in [-0.2, 0) is 12.5 Å². The van der Waals surface area contributed by atoms with Crippen LogP contribution in [-0.4, -0.2) is 22.8 Å². The smallest absolute Gasteiger partial charge is 0.408 e. The molecule has 2 rings (SSSR count). The van der Waals surface area contributed by atoms with E-state index in [4.69, 9.17) is 10.2 Å². The number of nitrogens with two attached hydrogens (primary N) is 1. The van der Waals surface area contributed by atoms with Crippen LogP contribution < -0.4 is 11.5 Å². The summed E-state index contributed by atoms with van der Waals surface area (Å²) in [5.41, 5.74) is 7.27. The molecule has 1 heterocycles. The first-order valence-electron chi connectivity index (χ1n) is 5.43. The number of aryl methyl sites for hydroxylation is 1. The van der Waals surface area contributed by atoms with Crippen LogP contribution in [0.3, 0.4) is 0 Å². The van der Waals surface area contributed by atoms with Crippen molar-refractivity contribution in [3.05, 3.63) is 34.3 Å². The van der Waals surface area contributed by atoms with Gasteiger partial charge in [-0.25, -0.2) is 4.79 Å². The van der Waals surface area contributed by atoms with Crippen LogP contribution in [0.5, 0.6) is 0 Å². The summed E-state index contributed by atoms with van der Waals surface area (Å²) < 4.78 is 6.55. The molecule has 0 fully saturated rings. The number of rotatable bonds is 3. The zero-order valence-electron chi connectivity index (χ0n) is 9.93. The monoisotopic (exact) mass is 236 g/mol. The second kappa shape index (κ2) is 4.01. The van der Waals surface area contributed by atoms with E-state index in [0.717, 1.165) is 11.1 Å². The van der Waals surface area contributed by atoms with E-state index < -0.39 is 11.2 Å². The minimum atomic E-state index is -0.511. The number of aliphatic hydroxyl groups excluding tert-OH is 1. The molecule has 0 amide bonds. The highest BCUT2D eigenvalue weighted by Gasteiger charge is 2.25. The summed E-state index contributed by atoms with van der Waals surface area (Å²) in [6.45, 7) is 2.15. The average molecular weight is 236 g/mol. The first-order chi connectivity index (χ1) is 8.01. The molecular formula is C12H16N2O3. The lowest BCUT2D eigenvalue weighted by Crippen LogP contribution is -2.35. The Hall–Kier alpha value is -1.59. The maximum absolute atomic E-state index is 11.4. The zero-order valence-corrected chi connectivity index (χ0v) is 9.93. The summed E-state index contributed by atoms with van der Waals surface area (Å²) in [5, 5.41) is 9.39. The van der Waals surface area contributed by atoms with E-state index in [-0.39, 0.29) is 6.61 Å². The van der Waals surface area contributed by atoms with Gasteiger partial charge in [0.25, 0.3) is 0 Å². The number of oxazole rings is 1. The lowest BCUT2D eigenvalue weighted by Gasteiger charge is -2.25. The predicted molar refractivity (Wildman–Crippen MR) is 64.9 cm³/mol. The molecule has 1 unspecified atom stereocenters. The Labute approximate surface area is 98.5 Å². The Morgan fingerprint density at radius 1 is 1.53 bits per heavy atom. The lowest BCUT2D eigenvalue weighted by atomic mass is 9.83.